The molecule has 4 rings (SSSR count). The van der Waals surface area contributed by atoms with E-state index in [4.69, 9.17) is 12.2 Å². The molecular formula is C18H25N3OS. The molecule has 0 radical (unpaired) electrons. The van der Waals surface area contributed by atoms with Crippen molar-refractivity contribution in [2.45, 2.75) is 57.0 Å². The van der Waals surface area contributed by atoms with Gasteiger partial charge in [0.05, 0.1) is 0 Å². The van der Waals surface area contributed by atoms with Crippen LogP contribution in [0.3, 0.4) is 0 Å². The highest BCUT2D eigenvalue weighted by Gasteiger charge is 2.35. The number of pyridine rings is 1. The molecule has 0 amide bonds. The fraction of sp³-hybridized carbons (Fsp3) is 0.667. The van der Waals surface area contributed by atoms with Crippen LogP contribution < -0.4 is 10.9 Å². The van der Waals surface area contributed by atoms with Crippen molar-refractivity contribution in [1.82, 2.24) is 14.8 Å². The molecule has 2 aliphatic heterocycles. The van der Waals surface area contributed by atoms with Gasteiger partial charge in [0.15, 0.2) is 5.11 Å². The summed E-state index contributed by atoms with van der Waals surface area (Å²) in [7, 11) is 0. The molecular weight excluding hydrogens is 306 g/mol. The predicted molar refractivity (Wildman–Crippen MR) is 95.7 cm³/mol. The fourth-order valence-corrected chi connectivity index (χ4v) is 4.89. The summed E-state index contributed by atoms with van der Waals surface area (Å²) < 4.78 is 1.98. The number of aromatic nitrogens is 1. The largest absolute Gasteiger partial charge is 0.360 e. The Hall–Kier alpha value is -1.36. The first-order chi connectivity index (χ1) is 11.2. The van der Waals surface area contributed by atoms with Gasteiger partial charge in [-0.3, -0.25) is 4.79 Å². The molecule has 5 heteroatoms. The number of rotatable bonds is 1. The van der Waals surface area contributed by atoms with Crippen LogP contribution in [0.2, 0.25) is 0 Å². The number of piperidine rings is 1. The molecule has 2 atom stereocenters. The molecule has 0 aromatic carbocycles. The third-order valence-electron chi connectivity index (χ3n) is 5.70. The van der Waals surface area contributed by atoms with Gasteiger partial charge in [0.25, 0.3) is 5.56 Å². The molecule has 1 saturated heterocycles. The van der Waals surface area contributed by atoms with Crippen LogP contribution >= 0.6 is 12.2 Å². The van der Waals surface area contributed by atoms with Crippen molar-refractivity contribution in [2.24, 2.45) is 5.92 Å². The van der Waals surface area contributed by atoms with Crippen molar-refractivity contribution in [1.29, 1.82) is 0 Å². The highest BCUT2D eigenvalue weighted by molar-refractivity contribution is 7.80. The van der Waals surface area contributed by atoms with Crippen LogP contribution in [-0.2, 0) is 6.54 Å². The molecule has 1 N–H and O–H groups in total. The molecule has 2 unspecified atom stereocenters. The summed E-state index contributed by atoms with van der Waals surface area (Å²) in [6.07, 6.45) is 7.69. The first-order valence-corrected chi connectivity index (χ1v) is 9.37. The van der Waals surface area contributed by atoms with Gasteiger partial charge in [-0.2, -0.15) is 0 Å². The molecule has 0 spiro atoms. The van der Waals surface area contributed by atoms with E-state index in [0.29, 0.717) is 17.9 Å². The lowest BCUT2D eigenvalue weighted by molar-refractivity contribution is 0.175. The van der Waals surface area contributed by atoms with E-state index in [1.165, 1.54) is 44.2 Å². The second-order valence-corrected chi connectivity index (χ2v) is 7.77. The van der Waals surface area contributed by atoms with Crippen LogP contribution in [-0.4, -0.2) is 33.7 Å². The number of nitrogens with zero attached hydrogens (tertiary/aromatic N) is 2. The van der Waals surface area contributed by atoms with E-state index in [2.05, 4.69) is 16.3 Å². The summed E-state index contributed by atoms with van der Waals surface area (Å²) in [6, 6.07) is 6.25. The molecule has 1 aromatic heterocycles. The molecule has 124 valence electrons. The zero-order valence-corrected chi connectivity index (χ0v) is 14.4. The van der Waals surface area contributed by atoms with Gasteiger partial charge in [-0.05, 0) is 43.5 Å². The van der Waals surface area contributed by atoms with Crippen molar-refractivity contribution >= 4 is 17.3 Å². The third-order valence-corrected chi connectivity index (χ3v) is 6.08. The molecule has 1 saturated carbocycles. The maximum absolute atomic E-state index is 12.1. The number of thiocarbonyl (C=S) groups is 1. The highest BCUT2D eigenvalue weighted by Crippen LogP contribution is 2.35. The smallest absolute Gasteiger partial charge is 0.250 e. The van der Waals surface area contributed by atoms with Crippen molar-refractivity contribution < 1.29 is 0 Å². The van der Waals surface area contributed by atoms with Crippen LogP contribution in [0.25, 0.3) is 0 Å². The van der Waals surface area contributed by atoms with E-state index in [9.17, 15) is 4.79 Å². The molecule has 3 heterocycles. The number of likely N-dealkylation sites (tertiary alicyclic amines) is 1. The minimum absolute atomic E-state index is 0.147. The Morgan fingerprint density at radius 2 is 1.96 bits per heavy atom. The quantitative estimate of drug-likeness (QED) is 0.802. The molecule has 2 fully saturated rings. The zero-order valence-electron chi connectivity index (χ0n) is 13.5. The number of nitrogens with one attached hydrogen (secondary N) is 1. The average molecular weight is 331 g/mol. The predicted octanol–water partition coefficient (Wildman–Crippen LogP) is 2.47. The van der Waals surface area contributed by atoms with Gasteiger partial charge in [-0.15, -0.1) is 0 Å². The summed E-state index contributed by atoms with van der Waals surface area (Å²) in [4.78, 5) is 14.4. The minimum Gasteiger partial charge on any atom is -0.360 e. The van der Waals surface area contributed by atoms with E-state index >= 15 is 0 Å². The van der Waals surface area contributed by atoms with Gasteiger partial charge in [0.1, 0.15) is 0 Å². The van der Waals surface area contributed by atoms with Crippen LogP contribution in [0, 0.1) is 5.92 Å². The van der Waals surface area contributed by atoms with Crippen molar-refractivity contribution in [3.63, 3.8) is 0 Å². The Labute approximate surface area is 142 Å². The highest BCUT2D eigenvalue weighted by atomic mass is 32.1. The minimum atomic E-state index is 0.147. The van der Waals surface area contributed by atoms with Gasteiger partial charge < -0.3 is 14.8 Å². The SMILES string of the molecule is O=c1cccc2n1CC1CC2CN(C(=S)NC2CCCCC2)C1. The Morgan fingerprint density at radius 1 is 1.13 bits per heavy atom. The lowest BCUT2D eigenvalue weighted by Gasteiger charge is -2.44. The number of hydrogen-bond acceptors (Lipinski definition) is 2. The van der Waals surface area contributed by atoms with Crippen molar-refractivity contribution in [3.05, 3.63) is 34.2 Å². The van der Waals surface area contributed by atoms with Gasteiger partial charge in [0, 0.05) is 43.4 Å². The molecule has 2 bridgehead atoms. The normalized spacial score (nSPS) is 27.4. The molecule has 1 aliphatic carbocycles. The maximum Gasteiger partial charge on any atom is 0.250 e. The van der Waals surface area contributed by atoms with E-state index in [-0.39, 0.29) is 5.56 Å². The Bertz CT molecular complexity index is 650. The lowest BCUT2D eigenvalue weighted by atomic mass is 9.83. The third kappa shape index (κ3) is 3.03. The standard InChI is InChI=1S/C18H25N3OS/c22-17-8-4-7-16-14-9-13(11-21(16)17)10-20(12-14)18(23)19-15-5-2-1-3-6-15/h4,7-8,13-15H,1-3,5-6,9-12H2,(H,19,23). The summed E-state index contributed by atoms with van der Waals surface area (Å²) in [5.74, 6) is 0.968. The van der Waals surface area contributed by atoms with Crippen LogP contribution in [0.1, 0.15) is 50.1 Å². The Morgan fingerprint density at radius 3 is 2.78 bits per heavy atom. The second-order valence-electron chi connectivity index (χ2n) is 7.39. The molecule has 3 aliphatic rings. The molecule has 4 nitrogen and oxygen atoms in total. The van der Waals surface area contributed by atoms with E-state index in [0.717, 1.165) is 24.7 Å². The number of hydrogen-bond donors (Lipinski definition) is 1. The Kier molecular flexibility index (Phi) is 4.14. The van der Waals surface area contributed by atoms with Crippen LogP contribution in [0.4, 0.5) is 0 Å². The van der Waals surface area contributed by atoms with Gasteiger partial charge in [-0.1, -0.05) is 25.3 Å². The van der Waals surface area contributed by atoms with Crippen molar-refractivity contribution in [3.8, 4) is 0 Å². The van der Waals surface area contributed by atoms with Gasteiger partial charge >= 0.3 is 0 Å². The summed E-state index contributed by atoms with van der Waals surface area (Å²) in [5.41, 5.74) is 1.34. The van der Waals surface area contributed by atoms with Crippen LogP contribution in [0.15, 0.2) is 23.0 Å². The average Bonchev–Trinajstić information content (AvgIpc) is 2.57. The summed E-state index contributed by atoms with van der Waals surface area (Å²) in [6.45, 7) is 2.77. The molecule has 23 heavy (non-hydrogen) atoms. The first-order valence-electron chi connectivity index (χ1n) is 8.96. The van der Waals surface area contributed by atoms with E-state index in [1.54, 1.807) is 6.07 Å². The van der Waals surface area contributed by atoms with Gasteiger partial charge in [-0.25, -0.2) is 0 Å². The van der Waals surface area contributed by atoms with Crippen LogP contribution in [0.5, 0.6) is 0 Å². The second kappa shape index (κ2) is 6.27. The molecule has 1 aromatic rings. The first kappa shape index (κ1) is 15.2. The number of fused-ring (bicyclic) bond motifs is 4. The zero-order chi connectivity index (χ0) is 15.8. The Balaban J connectivity index is 1.47. The summed E-state index contributed by atoms with van der Waals surface area (Å²) in [5, 5.41) is 4.53. The maximum atomic E-state index is 12.1. The topological polar surface area (TPSA) is 37.3 Å². The van der Waals surface area contributed by atoms with Gasteiger partial charge in [0.2, 0.25) is 0 Å². The fourth-order valence-electron chi connectivity index (χ4n) is 4.58. The lowest BCUT2D eigenvalue weighted by Crippen LogP contribution is -2.53. The van der Waals surface area contributed by atoms with Crippen molar-refractivity contribution in [2.75, 3.05) is 13.1 Å². The summed E-state index contributed by atoms with van der Waals surface area (Å²) >= 11 is 5.70. The van der Waals surface area contributed by atoms with E-state index in [1.807, 2.05) is 10.6 Å². The van der Waals surface area contributed by atoms with E-state index < -0.39 is 0 Å². The monoisotopic (exact) mass is 331 g/mol.